The molecule has 2 rings (SSSR count). The van der Waals surface area contributed by atoms with Crippen LogP contribution in [0.3, 0.4) is 0 Å². The van der Waals surface area contributed by atoms with Gasteiger partial charge in [-0.05, 0) is 6.92 Å². The molecule has 0 amide bonds. The number of hydrogen-bond acceptors (Lipinski definition) is 9. The molecule has 2 heterocycles. The van der Waals surface area contributed by atoms with Crippen LogP contribution < -0.4 is 5.32 Å². The van der Waals surface area contributed by atoms with Crippen molar-refractivity contribution in [3.8, 4) is 0 Å². The van der Waals surface area contributed by atoms with Crippen LogP contribution in [0.1, 0.15) is 5.69 Å². The van der Waals surface area contributed by atoms with E-state index < -0.39 is 36.1 Å². The van der Waals surface area contributed by atoms with Crippen molar-refractivity contribution in [3.05, 3.63) is 22.0 Å². The fourth-order valence-electron chi connectivity index (χ4n) is 1.86. The molecule has 0 unspecified atom stereocenters. The average Bonchev–Trinajstić information content (AvgIpc) is 2.66. The Bertz CT molecular complexity index is 513. The highest BCUT2D eigenvalue weighted by atomic mass is 16.6. The third kappa shape index (κ3) is 2.67. The highest BCUT2D eigenvalue weighted by Crippen LogP contribution is 2.22. The normalized spacial score (nSPS) is 29.4. The number of hydrogen-bond donors (Lipinski definition) is 4. The van der Waals surface area contributed by atoms with E-state index >= 15 is 0 Å². The van der Waals surface area contributed by atoms with E-state index in [9.17, 15) is 20.3 Å². The highest BCUT2D eigenvalue weighted by molar-refractivity contribution is 5.38. The number of ether oxygens (including phenoxy) is 1. The number of aromatic nitrogens is 2. The molecule has 1 aromatic heterocycles. The second-order valence-corrected chi connectivity index (χ2v) is 4.32. The zero-order valence-electron chi connectivity index (χ0n) is 10.5. The summed E-state index contributed by atoms with van der Waals surface area (Å²) in [5, 5.41) is 41.5. The molecule has 1 fully saturated rings. The Morgan fingerprint density at radius 2 is 2.20 bits per heavy atom. The average molecular weight is 286 g/mol. The number of aliphatic hydroxyl groups is 3. The van der Waals surface area contributed by atoms with Gasteiger partial charge in [-0.15, -0.1) is 0 Å². The van der Waals surface area contributed by atoms with Crippen LogP contribution in [0.15, 0.2) is 6.20 Å². The summed E-state index contributed by atoms with van der Waals surface area (Å²) in [7, 11) is 0. The van der Waals surface area contributed by atoms with Gasteiger partial charge in [0.2, 0.25) is 5.95 Å². The van der Waals surface area contributed by atoms with Crippen LogP contribution in [0, 0.1) is 17.0 Å². The summed E-state index contributed by atoms with van der Waals surface area (Å²) in [6, 6.07) is 0. The Hall–Kier alpha value is -1.88. The van der Waals surface area contributed by atoms with Crippen molar-refractivity contribution in [2.24, 2.45) is 0 Å². The molecule has 20 heavy (non-hydrogen) atoms. The maximum Gasteiger partial charge on any atom is 0.308 e. The van der Waals surface area contributed by atoms with Crippen LogP contribution in [0.5, 0.6) is 0 Å². The van der Waals surface area contributed by atoms with Crippen LogP contribution in [-0.2, 0) is 4.74 Å². The van der Waals surface area contributed by atoms with Gasteiger partial charge in [0.1, 0.15) is 30.2 Å². The van der Waals surface area contributed by atoms with Crippen LogP contribution in [-0.4, -0.2) is 61.4 Å². The summed E-state index contributed by atoms with van der Waals surface area (Å²) in [5.74, 6) is 0.0166. The Balaban J connectivity index is 2.11. The van der Waals surface area contributed by atoms with E-state index in [0.29, 0.717) is 0 Å². The Kier molecular flexibility index (Phi) is 4.09. The van der Waals surface area contributed by atoms with E-state index in [-0.39, 0.29) is 17.3 Å². The molecule has 0 radical (unpaired) electrons. The van der Waals surface area contributed by atoms with Crippen molar-refractivity contribution in [3.63, 3.8) is 0 Å². The molecular weight excluding hydrogens is 272 g/mol. The Morgan fingerprint density at radius 1 is 1.50 bits per heavy atom. The Labute approximate surface area is 113 Å². The smallest absolute Gasteiger partial charge is 0.308 e. The van der Waals surface area contributed by atoms with E-state index in [1.54, 1.807) is 0 Å². The molecule has 4 N–H and O–H groups in total. The number of nitro groups is 1. The summed E-state index contributed by atoms with van der Waals surface area (Å²) in [6.07, 6.45) is -3.40. The molecule has 0 saturated carbocycles. The van der Waals surface area contributed by atoms with Crippen LogP contribution in [0.4, 0.5) is 11.6 Å². The summed E-state index contributed by atoms with van der Waals surface area (Å²) in [6.45, 7) is 0.999. The van der Waals surface area contributed by atoms with Gasteiger partial charge in [0, 0.05) is 0 Å². The van der Waals surface area contributed by atoms with Gasteiger partial charge in [0.25, 0.3) is 0 Å². The van der Waals surface area contributed by atoms with Gasteiger partial charge in [0.05, 0.1) is 11.5 Å². The lowest BCUT2D eigenvalue weighted by atomic mass is 10.1. The molecule has 0 spiro atoms. The molecule has 0 aliphatic carbocycles. The molecule has 1 aliphatic rings. The first-order valence-corrected chi connectivity index (χ1v) is 5.81. The second kappa shape index (κ2) is 5.63. The highest BCUT2D eigenvalue weighted by Gasteiger charge is 2.42. The number of nitrogens with zero attached hydrogens (tertiary/aromatic N) is 3. The first-order chi connectivity index (χ1) is 9.43. The van der Waals surface area contributed by atoms with Crippen LogP contribution in [0.2, 0.25) is 0 Å². The molecule has 110 valence electrons. The molecule has 10 nitrogen and oxygen atoms in total. The van der Waals surface area contributed by atoms with Crippen molar-refractivity contribution in [2.75, 3.05) is 11.9 Å². The molecular formula is C10H14N4O6. The van der Waals surface area contributed by atoms with Crippen LogP contribution >= 0.6 is 0 Å². The lowest BCUT2D eigenvalue weighted by Gasteiger charge is -2.16. The quantitative estimate of drug-likeness (QED) is 0.384. The van der Waals surface area contributed by atoms with Gasteiger partial charge in [-0.2, -0.15) is 0 Å². The van der Waals surface area contributed by atoms with Crippen molar-refractivity contribution in [1.29, 1.82) is 0 Å². The molecule has 1 aliphatic heterocycles. The predicted octanol–water partition coefficient (Wildman–Crippen LogP) is -1.46. The van der Waals surface area contributed by atoms with Crippen molar-refractivity contribution < 1.29 is 25.0 Å². The summed E-state index contributed by atoms with van der Waals surface area (Å²) in [4.78, 5) is 17.6. The SMILES string of the molecule is Cc1nc(N[C@@H]2O[C@H](CO)[C@@H](O)[C@H]2O)ncc1[N+](=O)[O-]. The number of anilines is 1. The number of nitrogens with one attached hydrogen (secondary N) is 1. The standard InChI is InChI=1S/C10H14N4O6/c1-4-5(14(18)19)2-11-10(12-4)13-9-8(17)7(16)6(3-15)20-9/h2,6-9,15-17H,3H2,1H3,(H,11,12,13)/t6-,7-,8-,9-/m1/s1. The van der Waals surface area contributed by atoms with E-state index in [2.05, 4.69) is 15.3 Å². The minimum Gasteiger partial charge on any atom is -0.394 e. The Morgan fingerprint density at radius 3 is 2.70 bits per heavy atom. The van der Waals surface area contributed by atoms with Gasteiger partial charge < -0.3 is 25.4 Å². The van der Waals surface area contributed by atoms with E-state index in [1.165, 1.54) is 6.92 Å². The fraction of sp³-hybridized carbons (Fsp3) is 0.600. The monoisotopic (exact) mass is 286 g/mol. The third-order valence-electron chi connectivity index (χ3n) is 2.96. The predicted molar refractivity (Wildman–Crippen MR) is 64.8 cm³/mol. The summed E-state index contributed by atoms with van der Waals surface area (Å²) >= 11 is 0. The van der Waals surface area contributed by atoms with Gasteiger partial charge in [-0.1, -0.05) is 0 Å². The number of aliphatic hydroxyl groups excluding tert-OH is 3. The first-order valence-electron chi connectivity index (χ1n) is 5.81. The maximum atomic E-state index is 10.6. The zero-order chi connectivity index (χ0) is 14.9. The minimum absolute atomic E-state index is 0.0166. The molecule has 1 aromatic rings. The van der Waals surface area contributed by atoms with Crippen LogP contribution in [0.25, 0.3) is 0 Å². The summed E-state index contributed by atoms with van der Waals surface area (Å²) in [5.41, 5.74) is -0.0732. The third-order valence-corrected chi connectivity index (χ3v) is 2.96. The molecule has 0 bridgehead atoms. The second-order valence-electron chi connectivity index (χ2n) is 4.32. The van der Waals surface area contributed by atoms with Gasteiger partial charge >= 0.3 is 5.69 Å². The topological polar surface area (TPSA) is 151 Å². The lowest BCUT2D eigenvalue weighted by molar-refractivity contribution is -0.386. The fourth-order valence-corrected chi connectivity index (χ4v) is 1.86. The number of rotatable bonds is 4. The molecule has 4 atom stereocenters. The van der Waals surface area contributed by atoms with Gasteiger partial charge in [-0.3, -0.25) is 10.1 Å². The minimum atomic E-state index is -1.27. The van der Waals surface area contributed by atoms with Gasteiger partial charge in [0.15, 0.2) is 6.23 Å². The lowest BCUT2D eigenvalue weighted by Crippen LogP contribution is -2.36. The maximum absolute atomic E-state index is 10.6. The van der Waals surface area contributed by atoms with Gasteiger partial charge in [-0.25, -0.2) is 9.97 Å². The van der Waals surface area contributed by atoms with Crippen molar-refractivity contribution >= 4 is 11.6 Å². The first kappa shape index (κ1) is 14.5. The summed E-state index contributed by atoms with van der Waals surface area (Å²) < 4.78 is 5.18. The molecule has 0 aromatic carbocycles. The number of aryl methyl sites for hydroxylation is 1. The van der Waals surface area contributed by atoms with E-state index in [1.807, 2.05) is 0 Å². The molecule has 10 heteroatoms. The van der Waals surface area contributed by atoms with Crippen molar-refractivity contribution in [2.45, 2.75) is 31.5 Å². The van der Waals surface area contributed by atoms with E-state index in [4.69, 9.17) is 9.84 Å². The zero-order valence-corrected chi connectivity index (χ0v) is 10.5. The molecule has 1 saturated heterocycles. The largest absolute Gasteiger partial charge is 0.394 e. The van der Waals surface area contributed by atoms with E-state index in [0.717, 1.165) is 6.20 Å². The van der Waals surface area contributed by atoms with Crippen molar-refractivity contribution in [1.82, 2.24) is 9.97 Å².